The number of halogens is 1. The second-order valence-electron chi connectivity index (χ2n) is 8.57. The van der Waals surface area contributed by atoms with Gasteiger partial charge in [-0.1, -0.05) is 24.8 Å². The highest BCUT2D eigenvalue weighted by Gasteiger charge is 2.40. The third kappa shape index (κ3) is 4.70. The first-order valence-corrected chi connectivity index (χ1v) is 11.4. The zero-order valence-electron chi connectivity index (χ0n) is 20.7. The molecule has 1 amide bonds. The van der Waals surface area contributed by atoms with Gasteiger partial charge < -0.3 is 15.0 Å². The van der Waals surface area contributed by atoms with Crippen molar-refractivity contribution in [1.29, 1.82) is 0 Å². The van der Waals surface area contributed by atoms with Gasteiger partial charge in [-0.2, -0.15) is 0 Å². The summed E-state index contributed by atoms with van der Waals surface area (Å²) in [5, 5.41) is 0. The van der Waals surface area contributed by atoms with Gasteiger partial charge in [-0.25, -0.2) is 14.4 Å². The van der Waals surface area contributed by atoms with Gasteiger partial charge in [0.05, 0.1) is 36.4 Å². The summed E-state index contributed by atoms with van der Waals surface area (Å²) >= 11 is 0. The van der Waals surface area contributed by atoms with Gasteiger partial charge in [-0.05, 0) is 62.2 Å². The van der Waals surface area contributed by atoms with Crippen LogP contribution in [-0.2, 0) is 4.79 Å². The van der Waals surface area contributed by atoms with E-state index in [0.29, 0.717) is 28.4 Å². The molecule has 3 aromatic rings. The summed E-state index contributed by atoms with van der Waals surface area (Å²) in [5.74, 6) is 0.408. The molecular formula is C28H28FN5O2. The molecule has 7 nitrogen and oxygen atoms in total. The molecular weight excluding hydrogens is 457 g/mol. The number of hydrogen-bond donors (Lipinski definition) is 1. The number of allylic oxidation sites excluding steroid dienone is 1. The highest BCUT2D eigenvalue weighted by atomic mass is 19.1. The number of imidazole rings is 1. The smallest absolute Gasteiger partial charge is 0.260 e. The minimum absolute atomic E-state index is 0.267. The lowest BCUT2D eigenvalue weighted by Gasteiger charge is -2.25. The third-order valence-electron chi connectivity index (χ3n) is 5.92. The van der Waals surface area contributed by atoms with Crippen molar-refractivity contribution in [2.45, 2.75) is 26.8 Å². The van der Waals surface area contributed by atoms with E-state index in [9.17, 15) is 9.18 Å². The van der Waals surface area contributed by atoms with Crippen LogP contribution >= 0.6 is 0 Å². The van der Waals surface area contributed by atoms with Crippen LogP contribution in [0.3, 0.4) is 0 Å². The highest BCUT2D eigenvalue weighted by molar-refractivity contribution is 6.28. The molecule has 0 saturated carbocycles. The second-order valence-corrected chi connectivity index (χ2v) is 8.57. The Kier molecular flexibility index (Phi) is 6.87. The van der Waals surface area contributed by atoms with E-state index in [1.54, 1.807) is 43.5 Å². The normalized spacial score (nSPS) is 17.9. The van der Waals surface area contributed by atoms with Gasteiger partial charge in [0, 0.05) is 23.7 Å². The van der Waals surface area contributed by atoms with Crippen molar-refractivity contribution in [3.8, 4) is 11.4 Å². The molecule has 2 N–H and O–H groups in total. The maximum atomic E-state index is 13.7. The van der Waals surface area contributed by atoms with Crippen LogP contribution in [0.15, 0.2) is 89.6 Å². The molecule has 184 valence electrons. The lowest BCUT2D eigenvalue weighted by Crippen LogP contribution is -2.32. The summed E-state index contributed by atoms with van der Waals surface area (Å²) in [7, 11) is 1.59. The van der Waals surface area contributed by atoms with Crippen LogP contribution in [0.2, 0.25) is 0 Å². The topological polar surface area (TPSA) is 85.7 Å². The van der Waals surface area contributed by atoms with Crippen molar-refractivity contribution < 1.29 is 13.9 Å². The molecule has 0 radical (unpaired) electrons. The molecule has 2 aromatic carbocycles. The molecule has 4 rings (SSSR count). The van der Waals surface area contributed by atoms with E-state index < -0.39 is 6.04 Å². The number of aliphatic imine (C=N–C) groups is 1. The van der Waals surface area contributed by atoms with Crippen molar-refractivity contribution in [3.05, 3.63) is 107 Å². The lowest BCUT2D eigenvalue weighted by atomic mass is 10.0. The number of nitrogens with zero attached hydrogens (tertiary/aromatic N) is 4. The average molecular weight is 486 g/mol. The number of ether oxygens (including phenoxy) is 1. The Balaban J connectivity index is 1.79. The fourth-order valence-corrected chi connectivity index (χ4v) is 4.16. The summed E-state index contributed by atoms with van der Waals surface area (Å²) in [6.07, 6.45) is 6.76. The zero-order valence-corrected chi connectivity index (χ0v) is 20.7. The monoisotopic (exact) mass is 485 g/mol. The predicted octanol–water partition coefficient (Wildman–Crippen LogP) is 5.09. The summed E-state index contributed by atoms with van der Waals surface area (Å²) in [4.78, 5) is 24.1. The van der Waals surface area contributed by atoms with Gasteiger partial charge >= 0.3 is 0 Å². The number of carbonyl (C=O) groups is 1. The molecule has 1 atom stereocenters. The van der Waals surface area contributed by atoms with Crippen LogP contribution in [-0.4, -0.2) is 33.3 Å². The van der Waals surface area contributed by atoms with E-state index in [4.69, 9.17) is 10.5 Å². The lowest BCUT2D eigenvalue weighted by molar-refractivity contribution is -0.123. The molecule has 0 bridgehead atoms. The number of nitrogens with two attached hydrogens (primary N) is 1. The minimum atomic E-state index is -0.418. The number of benzene rings is 2. The van der Waals surface area contributed by atoms with Gasteiger partial charge in [0.2, 0.25) is 0 Å². The van der Waals surface area contributed by atoms with Crippen molar-refractivity contribution >= 4 is 17.8 Å². The summed E-state index contributed by atoms with van der Waals surface area (Å²) < 4.78 is 21.0. The molecule has 0 spiro atoms. The fraction of sp³-hybridized carbons (Fsp3) is 0.179. The number of amides is 1. The molecule has 2 heterocycles. The van der Waals surface area contributed by atoms with Gasteiger partial charge in [0.25, 0.3) is 5.91 Å². The number of likely N-dealkylation sites (tertiary alicyclic amines) is 1. The summed E-state index contributed by atoms with van der Waals surface area (Å²) in [6.45, 7) is 9.40. The number of hydrogen-bond acceptors (Lipinski definition) is 5. The number of aryl methyl sites for hydroxylation is 1. The molecule has 0 aliphatic carbocycles. The molecule has 36 heavy (non-hydrogen) atoms. The van der Waals surface area contributed by atoms with E-state index in [0.717, 1.165) is 22.5 Å². The predicted molar refractivity (Wildman–Crippen MR) is 139 cm³/mol. The zero-order chi connectivity index (χ0) is 26.0. The van der Waals surface area contributed by atoms with Crippen molar-refractivity contribution in [2.24, 2.45) is 10.7 Å². The quantitative estimate of drug-likeness (QED) is 0.493. The Hall–Kier alpha value is -4.46. The first-order chi connectivity index (χ1) is 17.2. The number of rotatable bonds is 6. The van der Waals surface area contributed by atoms with E-state index in [1.807, 2.05) is 42.8 Å². The third-order valence-corrected chi connectivity index (χ3v) is 5.92. The SMILES string of the molecule is C=C(C)\N=C1C(=C\N)/C(=C\c2ccc(-n3cnc(C)c3)c(OC)c2)C(=O)N/1C(C)c1ccc(F)cc1. The molecule has 1 aromatic heterocycles. The van der Waals surface area contributed by atoms with Crippen LogP contribution in [0, 0.1) is 12.7 Å². The number of methoxy groups -OCH3 is 1. The maximum Gasteiger partial charge on any atom is 0.260 e. The second kappa shape index (κ2) is 10.0. The van der Waals surface area contributed by atoms with Crippen LogP contribution in [0.4, 0.5) is 4.39 Å². The molecule has 1 fully saturated rings. The molecule has 1 aliphatic rings. The van der Waals surface area contributed by atoms with E-state index >= 15 is 0 Å². The van der Waals surface area contributed by atoms with Gasteiger partial charge in [0.15, 0.2) is 0 Å². The molecule has 1 aliphatic heterocycles. The van der Waals surface area contributed by atoms with Crippen molar-refractivity contribution in [1.82, 2.24) is 14.5 Å². The van der Waals surface area contributed by atoms with Gasteiger partial charge in [-0.3, -0.25) is 9.69 Å². The Morgan fingerprint density at radius 2 is 1.94 bits per heavy atom. The Morgan fingerprint density at radius 1 is 1.22 bits per heavy atom. The van der Waals surface area contributed by atoms with Crippen molar-refractivity contribution in [3.63, 3.8) is 0 Å². The largest absolute Gasteiger partial charge is 0.495 e. The molecule has 8 heteroatoms. The first-order valence-electron chi connectivity index (χ1n) is 11.4. The number of carbonyl (C=O) groups excluding carboxylic acids is 1. The molecule has 1 unspecified atom stereocenters. The Bertz CT molecular complexity index is 1420. The van der Waals surface area contributed by atoms with E-state index in [2.05, 4.69) is 16.6 Å². The maximum absolute atomic E-state index is 13.7. The average Bonchev–Trinajstić information content (AvgIpc) is 3.39. The standard InChI is InChI=1S/C28H28FN5O2/c1-17(2)32-27-24(14-30)23(28(35)34(27)19(4)21-7-9-22(29)10-8-21)12-20-6-11-25(26(13-20)36-5)33-15-18(3)31-16-33/h6-16,19H,1,30H2,2-5H3/b23-12+,24-14-,32-27+. The van der Waals surface area contributed by atoms with Crippen LogP contribution in [0.1, 0.15) is 36.7 Å². The number of aromatic nitrogens is 2. The van der Waals surface area contributed by atoms with E-state index in [1.165, 1.54) is 18.3 Å². The minimum Gasteiger partial charge on any atom is -0.495 e. The fourth-order valence-electron chi connectivity index (χ4n) is 4.16. The summed E-state index contributed by atoms with van der Waals surface area (Å²) in [5.41, 5.74) is 10.6. The molecule has 1 saturated heterocycles. The van der Waals surface area contributed by atoms with Crippen LogP contribution < -0.4 is 10.5 Å². The van der Waals surface area contributed by atoms with E-state index in [-0.39, 0.29) is 11.7 Å². The Labute approximate surface area is 209 Å². The number of amidine groups is 1. The van der Waals surface area contributed by atoms with Gasteiger partial charge in [-0.15, -0.1) is 0 Å². The summed E-state index contributed by atoms with van der Waals surface area (Å²) in [6, 6.07) is 11.3. The Morgan fingerprint density at radius 3 is 2.53 bits per heavy atom. The van der Waals surface area contributed by atoms with Crippen molar-refractivity contribution in [2.75, 3.05) is 7.11 Å². The van der Waals surface area contributed by atoms with Gasteiger partial charge in [0.1, 0.15) is 17.4 Å². The first kappa shape index (κ1) is 24.7. The van der Waals surface area contributed by atoms with Crippen LogP contribution in [0.25, 0.3) is 11.8 Å². The highest BCUT2D eigenvalue weighted by Crippen LogP contribution is 2.36. The van der Waals surface area contributed by atoms with Crippen LogP contribution in [0.5, 0.6) is 5.75 Å².